The second-order valence-corrected chi connectivity index (χ2v) is 7.41. The molecule has 1 aromatic heterocycles. The molecule has 1 aliphatic carbocycles. The minimum Gasteiger partial charge on any atom is -0.344 e. The molecule has 1 heterocycles. The molecule has 0 saturated heterocycles. The van der Waals surface area contributed by atoms with Gasteiger partial charge in [0.1, 0.15) is 5.01 Å². The molecule has 0 bridgehead atoms. The van der Waals surface area contributed by atoms with Crippen molar-refractivity contribution in [1.82, 2.24) is 10.3 Å². The van der Waals surface area contributed by atoms with Gasteiger partial charge in [0.05, 0.1) is 5.54 Å². The maximum Gasteiger partial charge on any atom is 0.221 e. The summed E-state index contributed by atoms with van der Waals surface area (Å²) in [5.41, 5.74) is 5.64. The van der Waals surface area contributed by atoms with Gasteiger partial charge in [-0.1, -0.05) is 26.2 Å². The minimum atomic E-state index is -0.365. The van der Waals surface area contributed by atoms with E-state index in [1.807, 2.05) is 5.38 Å². The molecule has 5 heteroatoms. The van der Waals surface area contributed by atoms with Gasteiger partial charge >= 0.3 is 0 Å². The van der Waals surface area contributed by atoms with Crippen LogP contribution in [0.4, 0.5) is 0 Å². The molecule has 0 radical (unpaired) electrons. The molecular weight excluding hydrogens is 282 g/mol. The van der Waals surface area contributed by atoms with Crippen LogP contribution in [-0.4, -0.2) is 17.4 Å². The Hall–Kier alpha value is -0.940. The maximum atomic E-state index is 12.6. The van der Waals surface area contributed by atoms with Crippen LogP contribution in [0, 0.1) is 5.41 Å². The molecule has 1 aliphatic rings. The van der Waals surface area contributed by atoms with Crippen LogP contribution in [-0.2, 0) is 10.3 Å². The van der Waals surface area contributed by atoms with Crippen molar-refractivity contribution in [3.63, 3.8) is 0 Å². The lowest BCUT2D eigenvalue weighted by atomic mass is 9.71. The van der Waals surface area contributed by atoms with Crippen LogP contribution in [0.25, 0.3) is 0 Å². The number of thiazole rings is 1. The van der Waals surface area contributed by atoms with Crippen molar-refractivity contribution in [3.05, 3.63) is 16.6 Å². The molecule has 1 unspecified atom stereocenters. The summed E-state index contributed by atoms with van der Waals surface area (Å²) in [6.45, 7) is 4.75. The zero-order valence-electron chi connectivity index (χ0n) is 13.2. The Morgan fingerprint density at radius 3 is 2.71 bits per heavy atom. The van der Waals surface area contributed by atoms with Crippen molar-refractivity contribution in [1.29, 1.82) is 0 Å². The Kier molecular flexibility index (Phi) is 5.38. The Balaban J connectivity index is 2.03. The van der Waals surface area contributed by atoms with Gasteiger partial charge in [-0.3, -0.25) is 4.79 Å². The Morgan fingerprint density at radius 1 is 1.48 bits per heavy atom. The summed E-state index contributed by atoms with van der Waals surface area (Å²) in [5, 5.41) is 6.14. The van der Waals surface area contributed by atoms with Crippen molar-refractivity contribution in [2.75, 3.05) is 6.54 Å². The van der Waals surface area contributed by atoms with Gasteiger partial charge in [-0.2, -0.15) is 0 Å². The molecule has 3 N–H and O–H groups in total. The number of nitrogens with zero attached hydrogens (tertiary/aromatic N) is 1. The first-order valence-electron chi connectivity index (χ1n) is 7.95. The second-order valence-electron chi connectivity index (χ2n) is 6.51. The summed E-state index contributed by atoms with van der Waals surface area (Å²) < 4.78 is 0. The van der Waals surface area contributed by atoms with E-state index in [4.69, 9.17) is 5.73 Å². The van der Waals surface area contributed by atoms with Gasteiger partial charge < -0.3 is 11.1 Å². The van der Waals surface area contributed by atoms with Crippen molar-refractivity contribution >= 4 is 17.2 Å². The number of carbonyl (C=O) groups excluding carboxylic acids is 1. The van der Waals surface area contributed by atoms with Gasteiger partial charge in [0.25, 0.3) is 0 Å². The summed E-state index contributed by atoms with van der Waals surface area (Å²) in [6.07, 6.45) is 9.00. The largest absolute Gasteiger partial charge is 0.344 e. The van der Waals surface area contributed by atoms with E-state index in [1.54, 1.807) is 17.5 Å². The molecule has 1 aromatic rings. The van der Waals surface area contributed by atoms with E-state index in [-0.39, 0.29) is 16.9 Å². The monoisotopic (exact) mass is 309 g/mol. The number of aromatic nitrogens is 1. The van der Waals surface area contributed by atoms with E-state index in [1.165, 1.54) is 19.3 Å². The van der Waals surface area contributed by atoms with Crippen molar-refractivity contribution in [3.8, 4) is 0 Å². The number of hydrogen-bond donors (Lipinski definition) is 2. The quantitative estimate of drug-likeness (QED) is 0.848. The third-order valence-electron chi connectivity index (χ3n) is 4.91. The smallest absolute Gasteiger partial charge is 0.221 e. The highest BCUT2D eigenvalue weighted by atomic mass is 32.1. The average Bonchev–Trinajstić information content (AvgIpc) is 3.03. The van der Waals surface area contributed by atoms with Crippen LogP contribution in [0.1, 0.15) is 63.8 Å². The predicted octanol–water partition coefficient (Wildman–Crippen LogP) is 3.18. The fraction of sp³-hybridized carbons (Fsp3) is 0.750. The number of nitrogens with two attached hydrogens (primary N) is 1. The van der Waals surface area contributed by atoms with Crippen LogP contribution in [0.2, 0.25) is 0 Å². The zero-order chi connectivity index (χ0) is 15.3. The molecule has 2 rings (SSSR count). The lowest BCUT2D eigenvalue weighted by Gasteiger charge is -2.37. The van der Waals surface area contributed by atoms with Crippen molar-refractivity contribution < 1.29 is 4.79 Å². The highest BCUT2D eigenvalue weighted by Gasteiger charge is 2.36. The molecule has 0 spiro atoms. The highest BCUT2D eigenvalue weighted by molar-refractivity contribution is 7.09. The van der Waals surface area contributed by atoms with Crippen molar-refractivity contribution in [2.24, 2.45) is 11.1 Å². The Bertz CT molecular complexity index is 454. The molecule has 0 aliphatic heterocycles. The van der Waals surface area contributed by atoms with Crippen LogP contribution in [0.15, 0.2) is 11.6 Å². The standard InChI is InChI=1S/C16H27N3OS/c1-3-15(2,14-18-9-10-21-14)19-13(20)11-16(12-17)7-5-4-6-8-16/h9-10H,3-8,11-12,17H2,1-2H3,(H,19,20). The molecule has 1 atom stereocenters. The van der Waals surface area contributed by atoms with Crippen LogP contribution >= 0.6 is 11.3 Å². The van der Waals surface area contributed by atoms with Crippen LogP contribution in [0.5, 0.6) is 0 Å². The summed E-state index contributed by atoms with van der Waals surface area (Å²) >= 11 is 1.60. The average molecular weight is 309 g/mol. The minimum absolute atomic E-state index is 0.0138. The molecule has 118 valence electrons. The number of carbonyl (C=O) groups is 1. The first-order chi connectivity index (χ1) is 10.0. The van der Waals surface area contributed by atoms with E-state index in [2.05, 4.69) is 24.1 Å². The summed E-state index contributed by atoms with van der Waals surface area (Å²) in [7, 11) is 0. The fourth-order valence-electron chi connectivity index (χ4n) is 3.24. The number of rotatable bonds is 6. The summed E-state index contributed by atoms with van der Waals surface area (Å²) in [5.74, 6) is 0.113. The van der Waals surface area contributed by atoms with Gasteiger partial charge in [-0.25, -0.2) is 4.98 Å². The van der Waals surface area contributed by atoms with Gasteiger partial charge in [0.2, 0.25) is 5.91 Å². The fourth-order valence-corrected chi connectivity index (χ4v) is 4.06. The molecular formula is C16H27N3OS. The van der Waals surface area contributed by atoms with Gasteiger partial charge in [0, 0.05) is 18.0 Å². The van der Waals surface area contributed by atoms with Crippen LogP contribution < -0.4 is 11.1 Å². The van der Waals surface area contributed by atoms with E-state index in [9.17, 15) is 4.79 Å². The van der Waals surface area contributed by atoms with E-state index >= 15 is 0 Å². The molecule has 4 nitrogen and oxygen atoms in total. The number of nitrogens with one attached hydrogen (secondary N) is 1. The SMILES string of the molecule is CCC(C)(NC(=O)CC1(CN)CCCCC1)c1nccs1. The predicted molar refractivity (Wildman–Crippen MR) is 87.1 cm³/mol. The van der Waals surface area contributed by atoms with E-state index in [0.29, 0.717) is 13.0 Å². The normalized spacial score (nSPS) is 20.7. The third kappa shape index (κ3) is 3.83. The molecule has 1 amide bonds. The van der Waals surface area contributed by atoms with Crippen LogP contribution in [0.3, 0.4) is 0 Å². The molecule has 21 heavy (non-hydrogen) atoms. The second kappa shape index (κ2) is 6.88. The highest BCUT2D eigenvalue weighted by Crippen LogP contribution is 2.38. The van der Waals surface area contributed by atoms with Crippen molar-refractivity contribution in [2.45, 2.75) is 64.3 Å². The Morgan fingerprint density at radius 2 is 2.19 bits per heavy atom. The molecule has 1 fully saturated rings. The first-order valence-corrected chi connectivity index (χ1v) is 8.83. The topological polar surface area (TPSA) is 68.0 Å². The lowest BCUT2D eigenvalue weighted by Crippen LogP contribution is -2.46. The Labute approximate surface area is 131 Å². The third-order valence-corrected chi connectivity index (χ3v) is 5.95. The zero-order valence-corrected chi connectivity index (χ0v) is 14.0. The van der Waals surface area contributed by atoms with Gasteiger partial charge in [-0.05, 0) is 38.1 Å². The number of hydrogen-bond acceptors (Lipinski definition) is 4. The first kappa shape index (κ1) is 16.4. The summed E-state index contributed by atoms with van der Waals surface area (Å²) in [6, 6.07) is 0. The lowest BCUT2D eigenvalue weighted by molar-refractivity contribution is -0.125. The summed E-state index contributed by atoms with van der Waals surface area (Å²) in [4.78, 5) is 16.9. The maximum absolute atomic E-state index is 12.6. The number of amides is 1. The van der Waals surface area contributed by atoms with Gasteiger partial charge in [-0.15, -0.1) is 11.3 Å². The molecule has 0 aromatic carbocycles. The molecule has 1 saturated carbocycles. The van der Waals surface area contributed by atoms with Gasteiger partial charge in [0.15, 0.2) is 0 Å². The van der Waals surface area contributed by atoms with E-state index in [0.717, 1.165) is 24.3 Å². The van der Waals surface area contributed by atoms with E-state index < -0.39 is 0 Å².